The first-order valence-corrected chi connectivity index (χ1v) is 6.91. The molecule has 0 aliphatic heterocycles. The van der Waals surface area contributed by atoms with Crippen molar-refractivity contribution in [1.82, 2.24) is 10.2 Å². The number of benzene rings is 1. The summed E-state index contributed by atoms with van der Waals surface area (Å²) < 4.78 is 5.76. The predicted octanol–water partition coefficient (Wildman–Crippen LogP) is 2.45. The summed E-state index contributed by atoms with van der Waals surface area (Å²) in [6.45, 7) is 2.08. The van der Waals surface area contributed by atoms with Gasteiger partial charge in [0, 0.05) is 10.6 Å². The molecule has 2 N–H and O–H groups in total. The highest BCUT2D eigenvalue weighted by atomic mass is 32.2. The van der Waals surface area contributed by atoms with Gasteiger partial charge in [-0.1, -0.05) is 23.1 Å². The molecule has 0 saturated heterocycles. The smallest absolute Gasteiger partial charge is 0.340 e. The maximum Gasteiger partial charge on any atom is 0.340 e. The van der Waals surface area contributed by atoms with Crippen LogP contribution in [0.4, 0.5) is 5.69 Å². The Kier molecular flexibility index (Phi) is 4.16. The molecule has 0 aliphatic rings. The fourth-order valence-electron chi connectivity index (χ4n) is 1.29. The van der Waals surface area contributed by atoms with Crippen LogP contribution in [0.5, 0.6) is 0 Å². The Morgan fingerprint density at radius 2 is 2.39 bits per heavy atom. The van der Waals surface area contributed by atoms with Gasteiger partial charge >= 0.3 is 5.97 Å². The number of hydrogen-bond acceptors (Lipinski definition) is 7. The first-order chi connectivity index (χ1) is 8.70. The monoisotopic (exact) mass is 281 g/mol. The summed E-state index contributed by atoms with van der Waals surface area (Å²) in [5, 5.41) is 7.68. The van der Waals surface area contributed by atoms with Gasteiger partial charge in [-0.25, -0.2) is 4.79 Å². The van der Waals surface area contributed by atoms with E-state index in [4.69, 9.17) is 10.5 Å². The molecule has 0 amide bonds. The van der Waals surface area contributed by atoms with Crippen molar-refractivity contribution in [1.29, 1.82) is 0 Å². The molecule has 1 aromatic carbocycles. The van der Waals surface area contributed by atoms with Crippen molar-refractivity contribution in [3.8, 4) is 0 Å². The lowest BCUT2D eigenvalue weighted by molar-refractivity contribution is 0.0527. The Balaban J connectivity index is 2.23. The molecule has 0 atom stereocenters. The molecule has 0 spiro atoms. The van der Waals surface area contributed by atoms with Gasteiger partial charge in [-0.3, -0.25) is 0 Å². The van der Waals surface area contributed by atoms with Crippen molar-refractivity contribution < 1.29 is 9.53 Å². The Morgan fingerprint density at radius 1 is 1.56 bits per heavy atom. The van der Waals surface area contributed by atoms with Gasteiger partial charge in [0.15, 0.2) is 4.34 Å². The van der Waals surface area contributed by atoms with E-state index in [0.29, 0.717) is 17.9 Å². The number of nitrogens with zero attached hydrogens (tertiary/aromatic N) is 2. The highest BCUT2D eigenvalue weighted by Crippen LogP contribution is 2.30. The molecule has 94 valence electrons. The van der Waals surface area contributed by atoms with Crippen molar-refractivity contribution in [2.45, 2.75) is 16.2 Å². The van der Waals surface area contributed by atoms with Crippen LogP contribution in [-0.2, 0) is 4.74 Å². The minimum atomic E-state index is -0.408. The number of carbonyl (C=O) groups is 1. The number of hydrogen-bond donors (Lipinski definition) is 1. The van der Waals surface area contributed by atoms with Crippen LogP contribution in [0.15, 0.2) is 32.9 Å². The number of carbonyl (C=O) groups excluding carboxylic acids is 1. The number of nitrogens with two attached hydrogens (primary N) is 1. The SMILES string of the molecule is CCOC(=O)c1cc(Sc2nncs2)ccc1N. The van der Waals surface area contributed by atoms with Gasteiger partial charge < -0.3 is 10.5 Å². The fraction of sp³-hybridized carbons (Fsp3) is 0.182. The van der Waals surface area contributed by atoms with E-state index in [2.05, 4.69) is 10.2 Å². The zero-order chi connectivity index (χ0) is 13.0. The van der Waals surface area contributed by atoms with Gasteiger partial charge in [-0.15, -0.1) is 10.2 Å². The van der Waals surface area contributed by atoms with Gasteiger partial charge in [0.05, 0.1) is 12.2 Å². The molecule has 0 saturated carbocycles. The molecule has 1 aromatic heterocycles. The molecule has 1 heterocycles. The van der Waals surface area contributed by atoms with Gasteiger partial charge in [-0.2, -0.15) is 0 Å². The largest absolute Gasteiger partial charge is 0.462 e. The third-order valence-corrected chi connectivity index (χ3v) is 3.83. The molecular weight excluding hydrogens is 270 g/mol. The third kappa shape index (κ3) is 2.99. The molecule has 0 radical (unpaired) electrons. The first-order valence-electron chi connectivity index (χ1n) is 5.21. The number of nitrogen functional groups attached to an aromatic ring is 1. The van der Waals surface area contributed by atoms with Crippen LogP contribution < -0.4 is 5.73 Å². The number of anilines is 1. The standard InChI is InChI=1S/C11H11N3O2S2/c1-2-16-10(15)8-5-7(3-4-9(8)12)18-11-14-13-6-17-11/h3-6H,2,12H2,1H3. The quantitative estimate of drug-likeness (QED) is 0.685. The predicted molar refractivity (Wildman–Crippen MR) is 70.8 cm³/mol. The minimum absolute atomic E-state index is 0.325. The molecule has 5 nitrogen and oxygen atoms in total. The lowest BCUT2D eigenvalue weighted by Gasteiger charge is -2.06. The summed E-state index contributed by atoms with van der Waals surface area (Å²) in [5.74, 6) is -0.408. The Morgan fingerprint density at radius 3 is 3.06 bits per heavy atom. The summed E-state index contributed by atoms with van der Waals surface area (Å²) in [4.78, 5) is 12.6. The molecule has 7 heteroatoms. The Labute approximate surface area is 112 Å². The van der Waals surface area contributed by atoms with Crippen molar-refractivity contribution >= 4 is 34.8 Å². The normalized spacial score (nSPS) is 10.3. The van der Waals surface area contributed by atoms with Gasteiger partial charge in [0.25, 0.3) is 0 Å². The molecule has 0 bridgehead atoms. The Bertz CT molecular complexity index is 543. The summed E-state index contributed by atoms with van der Waals surface area (Å²) in [7, 11) is 0. The van der Waals surface area contributed by atoms with Crippen LogP contribution in [0.2, 0.25) is 0 Å². The average Bonchev–Trinajstić information content (AvgIpc) is 2.84. The van der Waals surface area contributed by atoms with E-state index in [1.165, 1.54) is 23.1 Å². The molecule has 2 rings (SSSR count). The van der Waals surface area contributed by atoms with Crippen LogP contribution >= 0.6 is 23.1 Å². The molecule has 2 aromatic rings. The second kappa shape index (κ2) is 5.83. The van der Waals surface area contributed by atoms with Crippen LogP contribution in [0, 0.1) is 0 Å². The van der Waals surface area contributed by atoms with E-state index in [9.17, 15) is 4.79 Å². The number of ether oxygens (including phenoxy) is 1. The van der Waals surface area contributed by atoms with Crippen LogP contribution in [0.1, 0.15) is 17.3 Å². The lowest BCUT2D eigenvalue weighted by atomic mass is 10.2. The second-order valence-corrected chi connectivity index (χ2v) is 5.43. The maximum absolute atomic E-state index is 11.7. The Hall–Kier alpha value is -1.60. The summed E-state index contributed by atoms with van der Waals surface area (Å²) in [5.41, 5.74) is 8.21. The van der Waals surface area contributed by atoms with E-state index in [0.717, 1.165) is 9.24 Å². The molecule has 18 heavy (non-hydrogen) atoms. The zero-order valence-electron chi connectivity index (χ0n) is 9.62. The van der Waals surface area contributed by atoms with Crippen molar-refractivity contribution in [2.75, 3.05) is 12.3 Å². The average molecular weight is 281 g/mol. The second-order valence-electron chi connectivity index (χ2n) is 3.28. The van der Waals surface area contributed by atoms with Crippen molar-refractivity contribution in [3.63, 3.8) is 0 Å². The summed E-state index contributed by atoms with van der Waals surface area (Å²) in [6, 6.07) is 5.24. The van der Waals surface area contributed by atoms with Crippen LogP contribution in [-0.4, -0.2) is 22.8 Å². The van der Waals surface area contributed by atoms with Crippen LogP contribution in [0.3, 0.4) is 0 Å². The van der Waals surface area contributed by atoms with Crippen molar-refractivity contribution in [3.05, 3.63) is 29.3 Å². The van der Waals surface area contributed by atoms with E-state index >= 15 is 0 Å². The van der Waals surface area contributed by atoms with E-state index in [-0.39, 0.29) is 0 Å². The summed E-state index contributed by atoms with van der Waals surface area (Å²) >= 11 is 2.87. The topological polar surface area (TPSA) is 78.1 Å². The van der Waals surface area contributed by atoms with Gasteiger partial charge in [-0.05, 0) is 25.1 Å². The highest BCUT2D eigenvalue weighted by Gasteiger charge is 2.12. The number of rotatable bonds is 4. The molecule has 0 aliphatic carbocycles. The lowest BCUT2D eigenvalue weighted by Crippen LogP contribution is -2.07. The highest BCUT2D eigenvalue weighted by molar-refractivity contribution is 8.01. The van der Waals surface area contributed by atoms with Crippen molar-refractivity contribution in [2.24, 2.45) is 0 Å². The van der Waals surface area contributed by atoms with E-state index < -0.39 is 5.97 Å². The number of esters is 1. The minimum Gasteiger partial charge on any atom is -0.462 e. The fourth-order valence-corrected chi connectivity index (χ4v) is 2.78. The molecule has 0 fully saturated rings. The van der Waals surface area contributed by atoms with E-state index in [1.54, 1.807) is 24.6 Å². The van der Waals surface area contributed by atoms with Crippen LogP contribution in [0.25, 0.3) is 0 Å². The maximum atomic E-state index is 11.7. The number of aromatic nitrogens is 2. The zero-order valence-corrected chi connectivity index (χ0v) is 11.3. The first kappa shape index (κ1) is 12.8. The molecule has 0 unspecified atom stereocenters. The molecular formula is C11H11N3O2S2. The van der Waals surface area contributed by atoms with E-state index in [1.807, 2.05) is 6.07 Å². The third-order valence-electron chi connectivity index (χ3n) is 2.07. The van der Waals surface area contributed by atoms with Gasteiger partial charge in [0.1, 0.15) is 5.51 Å². The summed E-state index contributed by atoms with van der Waals surface area (Å²) in [6.07, 6.45) is 0. The van der Waals surface area contributed by atoms with Gasteiger partial charge in [0.2, 0.25) is 0 Å².